The molecule has 2 N–H and O–H groups in total. The molecule has 1 aromatic rings. The molecule has 0 aliphatic rings. The Morgan fingerprint density at radius 1 is 1.44 bits per heavy atom. The maximum absolute atomic E-state index is 5.78. The molecule has 1 rings (SSSR count). The standard InChI is InChI=1S/C11H20N4S/c1-14(2)9(10-6-5-7-16-10)8-13-11(12)15(3)4/h5-7,9H,8H2,1-4H3,(H2,12,13). The molecular weight excluding hydrogens is 220 g/mol. The van der Waals surface area contributed by atoms with Crippen LogP contribution in [-0.4, -0.2) is 50.5 Å². The Kier molecular flexibility index (Phi) is 4.76. The lowest BCUT2D eigenvalue weighted by atomic mass is 10.2. The second-order valence-corrected chi connectivity index (χ2v) is 5.07. The van der Waals surface area contributed by atoms with E-state index >= 15 is 0 Å². The van der Waals surface area contributed by atoms with E-state index in [2.05, 4.69) is 41.5 Å². The van der Waals surface area contributed by atoms with Gasteiger partial charge in [-0.1, -0.05) is 6.07 Å². The van der Waals surface area contributed by atoms with Crippen LogP contribution in [0.25, 0.3) is 0 Å². The molecular formula is C11H20N4S. The van der Waals surface area contributed by atoms with E-state index in [1.807, 2.05) is 19.0 Å². The maximum Gasteiger partial charge on any atom is 0.190 e. The number of hydrogen-bond acceptors (Lipinski definition) is 3. The molecule has 0 aliphatic carbocycles. The van der Waals surface area contributed by atoms with Crippen molar-refractivity contribution in [3.8, 4) is 0 Å². The second-order valence-electron chi connectivity index (χ2n) is 4.09. The summed E-state index contributed by atoms with van der Waals surface area (Å²) >= 11 is 1.75. The number of nitrogens with two attached hydrogens (primary N) is 1. The molecule has 0 bridgehead atoms. The van der Waals surface area contributed by atoms with Crippen LogP contribution in [0.15, 0.2) is 22.5 Å². The van der Waals surface area contributed by atoms with Crippen molar-refractivity contribution in [2.75, 3.05) is 34.7 Å². The summed E-state index contributed by atoms with van der Waals surface area (Å²) in [5, 5.41) is 2.09. The summed E-state index contributed by atoms with van der Waals surface area (Å²) in [7, 11) is 7.92. The largest absolute Gasteiger partial charge is 0.370 e. The normalized spacial score (nSPS) is 14.2. The molecule has 1 unspecified atom stereocenters. The summed E-state index contributed by atoms with van der Waals surface area (Å²) in [6, 6.07) is 4.50. The molecule has 4 nitrogen and oxygen atoms in total. The van der Waals surface area contributed by atoms with Crippen LogP contribution in [0.4, 0.5) is 0 Å². The predicted octanol–water partition coefficient (Wildman–Crippen LogP) is 1.23. The average Bonchev–Trinajstić information content (AvgIpc) is 2.70. The fourth-order valence-electron chi connectivity index (χ4n) is 1.31. The SMILES string of the molecule is CN(C)C(N)=NCC(c1cccs1)N(C)C. The van der Waals surface area contributed by atoms with E-state index in [0.29, 0.717) is 18.5 Å². The van der Waals surface area contributed by atoms with E-state index in [0.717, 1.165) is 0 Å². The first-order valence-electron chi connectivity index (χ1n) is 5.19. The summed E-state index contributed by atoms with van der Waals surface area (Å²) in [6.45, 7) is 0.692. The quantitative estimate of drug-likeness (QED) is 0.636. The van der Waals surface area contributed by atoms with E-state index < -0.39 is 0 Å². The molecule has 16 heavy (non-hydrogen) atoms. The van der Waals surface area contributed by atoms with Gasteiger partial charge in [-0.25, -0.2) is 0 Å². The van der Waals surface area contributed by atoms with Crippen LogP contribution in [0.1, 0.15) is 10.9 Å². The number of hydrogen-bond donors (Lipinski definition) is 1. The summed E-state index contributed by atoms with van der Waals surface area (Å²) in [4.78, 5) is 9.69. The van der Waals surface area contributed by atoms with E-state index in [4.69, 9.17) is 5.73 Å². The van der Waals surface area contributed by atoms with E-state index in [1.165, 1.54) is 4.88 Å². The van der Waals surface area contributed by atoms with Crippen molar-refractivity contribution in [3.63, 3.8) is 0 Å². The highest BCUT2D eigenvalue weighted by Gasteiger charge is 2.14. The third kappa shape index (κ3) is 3.50. The van der Waals surface area contributed by atoms with Gasteiger partial charge in [0.1, 0.15) is 0 Å². The summed E-state index contributed by atoms with van der Waals surface area (Å²) in [5.41, 5.74) is 5.78. The molecule has 0 aromatic carbocycles. The molecule has 0 spiro atoms. The van der Waals surface area contributed by atoms with Crippen LogP contribution in [0, 0.1) is 0 Å². The van der Waals surface area contributed by atoms with Gasteiger partial charge in [0.05, 0.1) is 12.6 Å². The number of likely N-dealkylation sites (N-methyl/N-ethyl adjacent to an activating group) is 1. The molecule has 0 aliphatic heterocycles. The molecule has 90 valence electrons. The lowest BCUT2D eigenvalue weighted by Gasteiger charge is -2.22. The van der Waals surface area contributed by atoms with Crippen molar-refractivity contribution >= 4 is 17.3 Å². The minimum absolute atomic E-state index is 0.304. The molecule has 1 atom stereocenters. The maximum atomic E-state index is 5.78. The van der Waals surface area contributed by atoms with E-state index in [1.54, 1.807) is 11.3 Å². The highest BCUT2D eigenvalue weighted by atomic mass is 32.1. The molecule has 5 heteroatoms. The first-order chi connectivity index (χ1) is 7.52. The molecule has 1 aromatic heterocycles. The number of aliphatic imine (C=N–C) groups is 1. The lowest BCUT2D eigenvalue weighted by Crippen LogP contribution is -2.32. The van der Waals surface area contributed by atoms with Gasteiger partial charge in [-0.15, -0.1) is 11.3 Å². The minimum Gasteiger partial charge on any atom is -0.370 e. The van der Waals surface area contributed by atoms with Crippen LogP contribution in [0.3, 0.4) is 0 Å². The van der Waals surface area contributed by atoms with Gasteiger partial charge in [-0.3, -0.25) is 4.99 Å². The Morgan fingerprint density at radius 2 is 2.12 bits per heavy atom. The third-order valence-electron chi connectivity index (χ3n) is 2.38. The zero-order valence-electron chi connectivity index (χ0n) is 10.3. The fourth-order valence-corrected chi connectivity index (χ4v) is 2.22. The van der Waals surface area contributed by atoms with E-state index in [-0.39, 0.29) is 0 Å². The van der Waals surface area contributed by atoms with Crippen LogP contribution in [0.5, 0.6) is 0 Å². The van der Waals surface area contributed by atoms with Crippen molar-refractivity contribution in [1.29, 1.82) is 0 Å². The van der Waals surface area contributed by atoms with Crippen molar-refractivity contribution in [3.05, 3.63) is 22.4 Å². The van der Waals surface area contributed by atoms with Gasteiger partial charge >= 0.3 is 0 Å². The van der Waals surface area contributed by atoms with Gasteiger partial charge in [0, 0.05) is 19.0 Å². The van der Waals surface area contributed by atoms with Crippen LogP contribution >= 0.6 is 11.3 Å². The van der Waals surface area contributed by atoms with E-state index in [9.17, 15) is 0 Å². The Hall–Kier alpha value is -1.07. The highest BCUT2D eigenvalue weighted by Crippen LogP contribution is 2.23. The second kappa shape index (κ2) is 5.86. The van der Waals surface area contributed by atoms with Gasteiger partial charge in [-0.2, -0.15) is 0 Å². The average molecular weight is 240 g/mol. The molecule has 0 saturated carbocycles. The zero-order chi connectivity index (χ0) is 12.1. The van der Waals surface area contributed by atoms with Crippen LogP contribution in [-0.2, 0) is 0 Å². The number of rotatable bonds is 4. The van der Waals surface area contributed by atoms with Crippen molar-refractivity contribution in [1.82, 2.24) is 9.80 Å². The Morgan fingerprint density at radius 3 is 2.56 bits per heavy atom. The molecule has 0 saturated heterocycles. The van der Waals surface area contributed by atoms with Crippen molar-refractivity contribution < 1.29 is 0 Å². The highest BCUT2D eigenvalue weighted by molar-refractivity contribution is 7.10. The van der Waals surface area contributed by atoms with Crippen LogP contribution < -0.4 is 5.73 Å². The van der Waals surface area contributed by atoms with Crippen LogP contribution in [0.2, 0.25) is 0 Å². The molecule has 0 fully saturated rings. The Bertz CT molecular complexity index is 330. The van der Waals surface area contributed by atoms with Gasteiger partial charge < -0.3 is 15.5 Å². The first kappa shape index (κ1) is 13.0. The predicted molar refractivity (Wildman–Crippen MR) is 70.9 cm³/mol. The Labute approximate surface area is 101 Å². The lowest BCUT2D eigenvalue weighted by molar-refractivity contribution is 0.310. The third-order valence-corrected chi connectivity index (χ3v) is 3.35. The monoisotopic (exact) mass is 240 g/mol. The van der Waals surface area contributed by atoms with Crippen molar-refractivity contribution in [2.45, 2.75) is 6.04 Å². The summed E-state index contributed by atoms with van der Waals surface area (Å²) in [6.07, 6.45) is 0. The summed E-state index contributed by atoms with van der Waals surface area (Å²) < 4.78 is 0. The summed E-state index contributed by atoms with van der Waals surface area (Å²) in [5.74, 6) is 0.573. The topological polar surface area (TPSA) is 44.9 Å². The number of guanidine groups is 1. The number of nitrogens with zero attached hydrogens (tertiary/aromatic N) is 3. The molecule has 0 amide bonds. The number of thiophene rings is 1. The minimum atomic E-state index is 0.304. The molecule has 1 heterocycles. The zero-order valence-corrected chi connectivity index (χ0v) is 11.2. The van der Waals surface area contributed by atoms with Gasteiger partial charge in [-0.05, 0) is 25.5 Å². The first-order valence-corrected chi connectivity index (χ1v) is 6.07. The smallest absolute Gasteiger partial charge is 0.190 e. The van der Waals surface area contributed by atoms with Gasteiger partial charge in [0.25, 0.3) is 0 Å². The van der Waals surface area contributed by atoms with Gasteiger partial charge in [0.2, 0.25) is 0 Å². The van der Waals surface area contributed by atoms with Gasteiger partial charge in [0.15, 0.2) is 5.96 Å². The van der Waals surface area contributed by atoms with Crippen molar-refractivity contribution in [2.24, 2.45) is 10.7 Å². The Balaban J connectivity index is 2.71. The molecule has 0 radical (unpaired) electrons. The fraction of sp³-hybridized carbons (Fsp3) is 0.545.